The second-order valence-electron chi connectivity index (χ2n) is 5.56. The Labute approximate surface area is 116 Å². The van der Waals surface area contributed by atoms with Crippen molar-refractivity contribution in [3.05, 3.63) is 17.5 Å². The molecule has 1 aliphatic carbocycles. The number of aryl methyl sites for hydroxylation is 1. The van der Waals surface area contributed by atoms with E-state index in [4.69, 9.17) is 0 Å². The molecule has 0 spiro atoms. The number of nitrogens with zero attached hydrogens (tertiary/aromatic N) is 4. The van der Waals surface area contributed by atoms with Crippen LogP contribution in [-0.2, 0) is 12.8 Å². The molecule has 0 fully saturated rings. The monoisotopic (exact) mass is 262 g/mol. The Bertz CT molecular complexity index is 417. The zero-order valence-electron chi connectivity index (χ0n) is 12.7. The third kappa shape index (κ3) is 3.24. The molecule has 4 heteroatoms. The van der Waals surface area contributed by atoms with E-state index in [2.05, 4.69) is 28.7 Å². The number of aromatic nitrogens is 2. The van der Waals surface area contributed by atoms with Crippen molar-refractivity contribution in [3.63, 3.8) is 0 Å². The van der Waals surface area contributed by atoms with Gasteiger partial charge in [-0.1, -0.05) is 13.8 Å². The van der Waals surface area contributed by atoms with E-state index in [-0.39, 0.29) is 0 Å². The summed E-state index contributed by atoms with van der Waals surface area (Å²) in [5.41, 5.74) is 2.60. The van der Waals surface area contributed by atoms with Crippen molar-refractivity contribution in [1.82, 2.24) is 14.9 Å². The standard InChI is InChI=1S/C15H26N4/c1-5-9-19(6-2)13-7-8-14-12(10-13)11-16-15(17-14)18(3)4/h11,13H,5-10H2,1-4H3. The highest BCUT2D eigenvalue weighted by Gasteiger charge is 2.24. The summed E-state index contributed by atoms with van der Waals surface area (Å²) in [4.78, 5) is 13.7. The molecule has 0 saturated carbocycles. The van der Waals surface area contributed by atoms with Crippen LogP contribution in [-0.4, -0.2) is 48.1 Å². The van der Waals surface area contributed by atoms with Gasteiger partial charge in [-0.3, -0.25) is 0 Å². The maximum atomic E-state index is 4.67. The van der Waals surface area contributed by atoms with E-state index in [1.807, 2.05) is 25.2 Å². The normalized spacial score (nSPS) is 18.5. The minimum absolute atomic E-state index is 0.672. The van der Waals surface area contributed by atoms with E-state index in [0.717, 1.165) is 25.3 Å². The first-order valence-corrected chi connectivity index (χ1v) is 7.41. The van der Waals surface area contributed by atoms with Crippen LogP contribution in [0.3, 0.4) is 0 Å². The van der Waals surface area contributed by atoms with Crippen LogP contribution in [0.2, 0.25) is 0 Å². The molecule has 2 rings (SSSR count). The molecule has 0 N–H and O–H groups in total. The number of hydrogen-bond acceptors (Lipinski definition) is 4. The summed E-state index contributed by atoms with van der Waals surface area (Å²) in [6.07, 6.45) is 6.68. The molecule has 0 saturated heterocycles. The van der Waals surface area contributed by atoms with Gasteiger partial charge in [0.2, 0.25) is 5.95 Å². The lowest BCUT2D eigenvalue weighted by Gasteiger charge is -2.34. The largest absolute Gasteiger partial charge is 0.347 e. The van der Waals surface area contributed by atoms with Crippen LogP contribution in [0.25, 0.3) is 0 Å². The summed E-state index contributed by atoms with van der Waals surface area (Å²) < 4.78 is 0. The van der Waals surface area contributed by atoms with Crippen LogP contribution < -0.4 is 4.90 Å². The molecule has 0 aromatic carbocycles. The average Bonchev–Trinajstić information content (AvgIpc) is 2.43. The molecule has 1 aromatic rings. The lowest BCUT2D eigenvalue weighted by molar-refractivity contribution is 0.188. The number of likely N-dealkylation sites (N-methyl/N-ethyl adjacent to an activating group) is 1. The summed E-state index contributed by atoms with van der Waals surface area (Å²) in [5, 5.41) is 0. The topological polar surface area (TPSA) is 32.3 Å². The van der Waals surface area contributed by atoms with E-state index in [1.54, 1.807) is 0 Å². The Morgan fingerprint density at radius 1 is 1.32 bits per heavy atom. The highest BCUT2D eigenvalue weighted by Crippen LogP contribution is 2.24. The molecular weight excluding hydrogens is 236 g/mol. The van der Waals surface area contributed by atoms with Crippen molar-refractivity contribution in [2.75, 3.05) is 32.1 Å². The van der Waals surface area contributed by atoms with Gasteiger partial charge in [0.05, 0.1) is 0 Å². The molecule has 4 nitrogen and oxygen atoms in total. The molecular formula is C15H26N4. The molecule has 1 unspecified atom stereocenters. The molecule has 0 bridgehead atoms. The van der Waals surface area contributed by atoms with E-state index in [9.17, 15) is 0 Å². The Balaban J connectivity index is 2.11. The number of hydrogen-bond donors (Lipinski definition) is 0. The molecule has 0 aliphatic heterocycles. The first-order chi connectivity index (χ1) is 9.15. The van der Waals surface area contributed by atoms with Gasteiger partial charge in [-0.05, 0) is 44.3 Å². The van der Waals surface area contributed by atoms with Gasteiger partial charge >= 0.3 is 0 Å². The number of anilines is 1. The van der Waals surface area contributed by atoms with E-state index in [0.29, 0.717) is 6.04 Å². The van der Waals surface area contributed by atoms with Gasteiger partial charge in [-0.2, -0.15) is 0 Å². The van der Waals surface area contributed by atoms with Crippen molar-refractivity contribution in [2.45, 2.75) is 45.6 Å². The molecule has 1 aromatic heterocycles. The van der Waals surface area contributed by atoms with Crippen LogP contribution in [0.15, 0.2) is 6.20 Å². The molecule has 106 valence electrons. The summed E-state index contributed by atoms with van der Waals surface area (Å²) in [5.74, 6) is 0.832. The van der Waals surface area contributed by atoms with Gasteiger partial charge in [0, 0.05) is 32.0 Å². The molecule has 0 radical (unpaired) electrons. The van der Waals surface area contributed by atoms with Crippen molar-refractivity contribution in [3.8, 4) is 0 Å². The summed E-state index contributed by atoms with van der Waals surface area (Å²) in [7, 11) is 3.99. The van der Waals surface area contributed by atoms with Crippen molar-refractivity contribution < 1.29 is 0 Å². The fraction of sp³-hybridized carbons (Fsp3) is 0.733. The van der Waals surface area contributed by atoms with E-state index in [1.165, 1.54) is 30.6 Å². The second kappa shape index (κ2) is 6.33. The van der Waals surface area contributed by atoms with Crippen LogP contribution in [0, 0.1) is 0 Å². The highest BCUT2D eigenvalue weighted by atomic mass is 15.2. The highest BCUT2D eigenvalue weighted by molar-refractivity contribution is 5.33. The van der Waals surface area contributed by atoms with Crippen molar-refractivity contribution >= 4 is 5.95 Å². The maximum absolute atomic E-state index is 4.67. The predicted octanol–water partition coefficient (Wildman–Crippen LogP) is 2.13. The zero-order valence-corrected chi connectivity index (χ0v) is 12.7. The van der Waals surface area contributed by atoms with E-state index < -0.39 is 0 Å². The maximum Gasteiger partial charge on any atom is 0.224 e. The Kier molecular flexibility index (Phi) is 4.75. The second-order valence-corrected chi connectivity index (χ2v) is 5.56. The van der Waals surface area contributed by atoms with Gasteiger partial charge in [-0.15, -0.1) is 0 Å². The molecule has 0 amide bonds. The lowest BCUT2D eigenvalue weighted by Crippen LogP contribution is -2.40. The van der Waals surface area contributed by atoms with Crippen LogP contribution >= 0.6 is 0 Å². The molecule has 1 heterocycles. The zero-order chi connectivity index (χ0) is 13.8. The SMILES string of the molecule is CCCN(CC)C1CCc2nc(N(C)C)ncc2C1. The van der Waals surface area contributed by atoms with Crippen LogP contribution in [0.5, 0.6) is 0 Å². The number of rotatable bonds is 5. The van der Waals surface area contributed by atoms with Gasteiger partial charge < -0.3 is 9.80 Å². The predicted molar refractivity (Wildman–Crippen MR) is 79.7 cm³/mol. The fourth-order valence-electron chi connectivity index (χ4n) is 2.89. The van der Waals surface area contributed by atoms with Gasteiger partial charge in [-0.25, -0.2) is 9.97 Å². The van der Waals surface area contributed by atoms with Crippen LogP contribution in [0.1, 0.15) is 37.9 Å². The summed E-state index contributed by atoms with van der Waals surface area (Å²) in [6.45, 7) is 6.86. The number of fused-ring (bicyclic) bond motifs is 1. The minimum Gasteiger partial charge on any atom is -0.347 e. The van der Waals surface area contributed by atoms with Gasteiger partial charge in [0.25, 0.3) is 0 Å². The quantitative estimate of drug-likeness (QED) is 0.814. The Hall–Kier alpha value is -1.16. The average molecular weight is 262 g/mol. The minimum atomic E-state index is 0.672. The first kappa shape index (κ1) is 14.3. The van der Waals surface area contributed by atoms with Crippen molar-refractivity contribution in [1.29, 1.82) is 0 Å². The van der Waals surface area contributed by atoms with Gasteiger partial charge in [0.1, 0.15) is 0 Å². The first-order valence-electron chi connectivity index (χ1n) is 7.41. The lowest BCUT2D eigenvalue weighted by atomic mass is 9.91. The molecule has 1 atom stereocenters. The van der Waals surface area contributed by atoms with E-state index >= 15 is 0 Å². The Morgan fingerprint density at radius 2 is 2.11 bits per heavy atom. The summed E-state index contributed by atoms with van der Waals surface area (Å²) >= 11 is 0. The van der Waals surface area contributed by atoms with Gasteiger partial charge in [0.15, 0.2) is 0 Å². The molecule has 1 aliphatic rings. The molecule has 19 heavy (non-hydrogen) atoms. The van der Waals surface area contributed by atoms with Crippen molar-refractivity contribution in [2.24, 2.45) is 0 Å². The summed E-state index contributed by atoms with van der Waals surface area (Å²) in [6, 6.07) is 0.672. The smallest absolute Gasteiger partial charge is 0.224 e. The third-order valence-electron chi connectivity index (χ3n) is 3.94. The Morgan fingerprint density at radius 3 is 2.74 bits per heavy atom. The third-order valence-corrected chi connectivity index (χ3v) is 3.94. The van der Waals surface area contributed by atoms with Crippen LogP contribution in [0.4, 0.5) is 5.95 Å². The fourth-order valence-corrected chi connectivity index (χ4v) is 2.89.